The molecule has 0 spiro atoms. The molecule has 0 atom stereocenters. The zero-order valence-electron chi connectivity index (χ0n) is 9.47. The van der Waals surface area contributed by atoms with Gasteiger partial charge < -0.3 is 11.1 Å². The highest BCUT2D eigenvalue weighted by atomic mass is 19.2. The van der Waals surface area contributed by atoms with E-state index in [1.165, 1.54) is 6.20 Å². The summed E-state index contributed by atoms with van der Waals surface area (Å²) >= 11 is 0. The Morgan fingerprint density at radius 1 is 1.17 bits per heavy atom. The summed E-state index contributed by atoms with van der Waals surface area (Å²) < 4.78 is 38.8. The van der Waals surface area contributed by atoms with Crippen molar-refractivity contribution in [1.29, 1.82) is 0 Å². The van der Waals surface area contributed by atoms with Gasteiger partial charge >= 0.3 is 0 Å². The zero-order valence-corrected chi connectivity index (χ0v) is 9.47. The van der Waals surface area contributed by atoms with E-state index in [0.29, 0.717) is 5.69 Å². The molecule has 2 rings (SSSR count). The Hall–Kier alpha value is -2.24. The molecule has 0 bridgehead atoms. The number of aromatic nitrogens is 1. The summed E-state index contributed by atoms with van der Waals surface area (Å²) in [6.45, 7) is 1.77. The minimum absolute atomic E-state index is 0.0381. The van der Waals surface area contributed by atoms with E-state index in [1.54, 1.807) is 13.0 Å². The molecule has 1 aromatic heterocycles. The van der Waals surface area contributed by atoms with Crippen molar-refractivity contribution in [2.24, 2.45) is 0 Å². The molecule has 6 heteroatoms. The predicted molar refractivity (Wildman–Crippen MR) is 63.0 cm³/mol. The summed E-state index contributed by atoms with van der Waals surface area (Å²) in [4.78, 5) is 3.94. The van der Waals surface area contributed by atoms with E-state index in [9.17, 15) is 13.2 Å². The number of benzene rings is 1. The molecule has 1 heterocycles. The fourth-order valence-electron chi connectivity index (χ4n) is 1.43. The van der Waals surface area contributed by atoms with Gasteiger partial charge in [-0.2, -0.15) is 0 Å². The molecule has 0 aliphatic rings. The van der Waals surface area contributed by atoms with Gasteiger partial charge in [-0.1, -0.05) is 0 Å². The maximum atomic E-state index is 13.0. The van der Waals surface area contributed by atoms with Crippen LogP contribution in [-0.2, 0) is 0 Å². The maximum absolute atomic E-state index is 13.0. The first-order chi connectivity index (χ1) is 8.49. The standard InChI is InChI=1S/C12H10F3N3/c1-6-2-3-17-12(11(6)16)18-7-4-8(13)10(15)9(14)5-7/h2-5H,16H2,1H3,(H,17,18). The molecule has 18 heavy (non-hydrogen) atoms. The molecule has 2 aromatic rings. The van der Waals surface area contributed by atoms with Crippen LogP contribution in [0.2, 0.25) is 0 Å². The number of pyridine rings is 1. The van der Waals surface area contributed by atoms with Crippen molar-refractivity contribution in [2.45, 2.75) is 6.92 Å². The predicted octanol–water partition coefficient (Wildman–Crippen LogP) is 3.13. The average molecular weight is 253 g/mol. The van der Waals surface area contributed by atoms with Crippen LogP contribution in [-0.4, -0.2) is 4.98 Å². The van der Waals surface area contributed by atoms with E-state index in [1.807, 2.05) is 0 Å². The van der Waals surface area contributed by atoms with Crippen molar-refractivity contribution < 1.29 is 13.2 Å². The Balaban J connectivity index is 2.37. The highest BCUT2D eigenvalue weighted by molar-refractivity contribution is 5.71. The van der Waals surface area contributed by atoms with Crippen LogP contribution in [0.25, 0.3) is 0 Å². The van der Waals surface area contributed by atoms with Gasteiger partial charge in [-0.3, -0.25) is 0 Å². The van der Waals surface area contributed by atoms with E-state index in [2.05, 4.69) is 10.3 Å². The summed E-state index contributed by atoms with van der Waals surface area (Å²) in [6.07, 6.45) is 1.50. The maximum Gasteiger partial charge on any atom is 0.194 e. The summed E-state index contributed by atoms with van der Waals surface area (Å²) in [5, 5.41) is 2.64. The summed E-state index contributed by atoms with van der Waals surface area (Å²) in [6, 6.07) is 3.37. The van der Waals surface area contributed by atoms with E-state index in [0.717, 1.165) is 17.7 Å². The van der Waals surface area contributed by atoms with Gasteiger partial charge in [0.25, 0.3) is 0 Å². The fraction of sp³-hybridized carbons (Fsp3) is 0.0833. The van der Waals surface area contributed by atoms with Crippen molar-refractivity contribution in [1.82, 2.24) is 4.98 Å². The van der Waals surface area contributed by atoms with Crippen molar-refractivity contribution in [2.75, 3.05) is 11.1 Å². The van der Waals surface area contributed by atoms with Crippen molar-refractivity contribution in [3.63, 3.8) is 0 Å². The Morgan fingerprint density at radius 2 is 1.78 bits per heavy atom. The molecule has 3 nitrogen and oxygen atoms in total. The lowest BCUT2D eigenvalue weighted by Crippen LogP contribution is -2.02. The molecule has 0 amide bonds. The summed E-state index contributed by atoms with van der Waals surface area (Å²) in [5.41, 5.74) is 6.93. The van der Waals surface area contributed by atoms with E-state index < -0.39 is 17.5 Å². The van der Waals surface area contributed by atoms with Crippen LogP contribution in [0.3, 0.4) is 0 Å². The first kappa shape index (κ1) is 12.2. The Kier molecular flexibility index (Phi) is 3.10. The molecule has 1 aromatic carbocycles. The van der Waals surface area contributed by atoms with Crippen LogP contribution < -0.4 is 11.1 Å². The van der Waals surface area contributed by atoms with Gasteiger partial charge in [0.2, 0.25) is 0 Å². The lowest BCUT2D eigenvalue weighted by Gasteiger charge is -2.10. The molecule has 0 fully saturated rings. The number of nitrogen functional groups attached to an aromatic ring is 1. The lowest BCUT2D eigenvalue weighted by molar-refractivity contribution is 0.448. The van der Waals surface area contributed by atoms with Crippen LogP contribution >= 0.6 is 0 Å². The number of anilines is 3. The first-order valence-electron chi connectivity index (χ1n) is 5.11. The third-order valence-corrected chi connectivity index (χ3v) is 2.45. The number of halogens is 3. The smallest absolute Gasteiger partial charge is 0.194 e. The van der Waals surface area contributed by atoms with E-state index >= 15 is 0 Å². The Labute approximate surface area is 101 Å². The number of hydrogen-bond acceptors (Lipinski definition) is 3. The van der Waals surface area contributed by atoms with Crippen LogP contribution in [0.4, 0.5) is 30.4 Å². The Morgan fingerprint density at radius 3 is 2.39 bits per heavy atom. The molecule has 0 saturated carbocycles. The molecule has 0 radical (unpaired) electrons. The SMILES string of the molecule is Cc1ccnc(Nc2cc(F)c(F)c(F)c2)c1N. The van der Waals surface area contributed by atoms with Gasteiger partial charge in [0.15, 0.2) is 23.3 Å². The van der Waals surface area contributed by atoms with Crippen LogP contribution in [0.15, 0.2) is 24.4 Å². The van der Waals surface area contributed by atoms with Crippen molar-refractivity contribution in [3.05, 3.63) is 47.4 Å². The molecule has 94 valence electrons. The molecular weight excluding hydrogens is 243 g/mol. The number of rotatable bonds is 2. The average Bonchev–Trinajstić information content (AvgIpc) is 2.32. The van der Waals surface area contributed by atoms with Crippen LogP contribution in [0.1, 0.15) is 5.56 Å². The highest BCUT2D eigenvalue weighted by Gasteiger charge is 2.11. The minimum atomic E-state index is -1.51. The van der Waals surface area contributed by atoms with Crippen molar-refractivity contribution >= 4 is 17.2 Å². The lowest BCUT2D eigenvalue weighted by atomic mass is 10.2. The van der Waals surface area contributed by atoms with Crippen molar-refractivity contribution in [3.8, 4) is 0 Å². The third kappa shape index (κ3) is 2.22. The van der Waals surface area contributed by atoms with Crippen LogP contribution in [0, 0.1) is 24.4 Å². The number of nitrogens with zero attached hydrogens (tertiary/aromatic N) is 1. The first-order valence-corrected chi connectivity index (χ1v) is 5.11. The summed E-state index contributed by atoms with van der Waals surface area (Å²) in [7, 11) is 0. The van der Waals surface area contributed by atoms with Gasteiger partial charge in [0, 0.05) is 24.0 Å². The number of hydrogen-bond donors (Lipinski definition) is 2. The number of nitrogens with two attached hydrogens (primary N) is 1. The fourth-order valence-corrected chi connectivity index (χ4v) is 1.43. The van der Waals surface area contributed by atoms with Crippen LogP contribution in [0.5, 0.6) is 0 Å². The molecule has 0 aliphatic carbocycles. The van der Waals surface area contributed by atoms with Gasteiger partial charge in [-0.25, -0.2) is 18.2 Å². The van der Waals surface area contributed by atoms with E-state index in [-0.39, 0.29) is 11.5 Å². The number of aryl methyl sites for hydroxylation is 1. The van der Waals surface area contributed by atoms with Gasteiger partial charge in [0.05, 0.1) is 5.69 Å². The Bertz CT molecular complexity index is 576. The normalized spacial score (nSPS) is 10.4. The molecule has 0 unspecified atom stereocenters. The molecular formula is C12H10F3N3. The topological polar surface area (TPSA) is 50.9 Å². The second kappa shape index (κ2) is 4.56. The number of nitrogens with one attached hydrogen (secondary N) is 1. The van der Waals surface area contributed by atoms with E-state index in [4.69, 9.17) is 5.73 Å². The molecule has 0 saturated heterocycles. The molecule has 0 aliphatic heterocycles. The quantitative estimate of drug-likeness (QED) is 0.808. The second-order valence-electron chi connectivity index (χ2n) is 3.77. The largest absolute Gasteiger partial charge is 0.396 e. The summed E-state index contributed by atoms with van der Waals surface area (Å²) in [5.74, 6) is -3.79. The third-order valence-electron chi connectivity index (χ3n) is 2.45. The van der Waals surface area contributed by atoms with Gasteiger partial charge in [-0.05, 0) is 18.6 Å². The monoisotopic (exact) mass is 253 g/mol. The van der Waals surface area contributed by atoms with Gasteiger partial charge in [0.1, 0.15) is 0 Å². The minimum Gasteiger partial charge on any atom is -0.396 e. The zero-order chi connectivity index (χ0) is 13.3. The second-order valence-corrected chi connectivity index (χ2v) is 3.77. The highest BCUT2D eigenvalue weighted by Crippen LogP contribution is 2.25. The molecule has 3 N–H and O–H groups in total. The van der Waals surface area contributed by atoms with Gasteiger partial charge in [-0.15, -0.1) is 0 Å².